The first kappa shape index (κ1) is 14.0. The summed E-state index contributed by atoms with van der Waals surface area (Å²) in [6, 6.07) is 9.23. The number of aromatic nitrogens is 2. The molecule has 7 nitrogen and oxygen atoms in total. The topological polar surface area (TPSA) is 98.3 Å². The molecule has 0 spiro atoms. The van der Waals surface area contributed by atoms with Crippen LogP contribution in [-0.4, -0.2) is 45.2 Å². The van der Waals surface area contributed by atoms with Gasteiger partial charge in [-0.3, -0.25) is 19.6 Å². The zero-order valence-electron chi connectivity index (χ0n) is 11.6. The van der Waals surface area contributed by atoms with Crippen molar-refractivity contribution >= 4 is 17.5 Å². The molecule has 112 valence electrons. The van der Waals surface area contributed by atoms with Crippen LogP contribution in [0.4, 0.5) is 5.69 Å². The van der Waals surface area contributed by atoms with E-state index in [9.17, 15) is 9.59 Å². The van der Waals surface area contributed by atoms with E-state index in [0.29, 0.717) is 5.69 Å². The Hall–Kier alpha value is -2.93. The number of amides is 2. The van der Waals surface area contributed by atoms with E-state index in [1.54, 1.807) is 6.20 Å². The number of nitrogens with one attached hydrogen (secondary N) is 2. The molecule has 0 unspecified atom stereocenters. The summed E-state index contributed by atoms with van der Waals surface area (Å²) in [7, 11) is 0. The second-order valence-electron chi connectivity index (χ2n) is 4.75. The predicted octanol–water partition coefficient (Wildman–Crippen LogP) is 0.734. The van der Waals surface area contributed by atoms with Crippen molar-refractivity contribution in [2.24, 2.45) is 0 Å². The molecule has 1 aromatic heterocycles. The zero-order valence-corrected chi connectivity index (χ0v) is 11.6. The molecule has 0 bridgehead atoms. The van der Waals surface area contributed by atoms with E-state index in [2.05, 4.69) is 15.5 Å². The standard InChI is InChI=1S/C15H14N4O3/c20-8-7-19-14(21)9-13(15(19)22)17-11-3-1-10(2-4-11)12-5-6-16-18-12/h1-6,9,17,20H,7-8H2,(H,16,18). The number of aliphatic hydroxyl groups is 1. The Morgan fingerprint density at radius 2 is 1.95 bits per heavy atom. The van der Waals surface area contributed by atoms with Crippen molar-refractivity contribution < 1.29 is 14.7 Å². The summed E-state index contributed by atoms with van der Waals surface area (Å²) < 4.78 is 0. The molecule has 1 aliphatic heterocycles. The highest BCUT2D eigenvalue weighted by molar-refractivity contribution is 6.17. The summed E-state index contributed by atoms with van der Waals surface area (Å²) in [4.78, 5) is 24.7. The van der Waals surface area contributed by atoms with Gasteiger partial charge in [0.25, 0.3) is 11.8 Å². The maximum atomic E-state index is 12.0. The van der Waals surface area contributed by atoms with E-state index >= 15 is 0 Å². The quantitative estimate of drug-likeness (QED) is 0.707. The van der Waals surface area contributed by atoms with Crippen molar-refractivity contribution in [2.75, 3.05) is 18.5 Å². The third-order valence-corrected chi connectivity index (χ3v) is 3.31. The van der Waals surface area contributed by atoms with Crippen LogP contribution in [0.2, 0.25) is 0 Å². The summed E-state index contributed by atoms with van der Waals surface area (Å²) in [6.07, 6.45) is 2.91. The first-order chi connectivity index (χ1) is 10.7. The molecular formula is C15H14N4O3. The molecular weight excluding hydrogens is 284 g/mol. The summed E-state index contributed by atoms with van der Waals surface area (Å²) in [6.45, 7) is -0.254. The fraction of sp³-hybridized carbons (Fsp3) is 0.133. The summed E-state index contributed by atoms with van der Waals surface area (Å²) in [5, 5.41) is 18.5. The normalized spacial score (nSPS) is 14.4. The highest BCUT2D eigenvalue weighted by Crippen LogP contribution is 2.21. The molecule has 7 heteroatoms. The average Bonchev–Trinajstić information content (AvgIpc) is 3.13. The van der Waals surface area contributed by atoms with Crippen LogP contribution in [0.25, 0.3) is 11.3 Å². The van der Waals surface area contributed by atoms with E-state index < -0.39 is 11.8 Å². The predicted molar refractivity (Wildman–Crippen MR) is 79.5 cm³/mol. The van der Waals surface area contributed by atoms with Gasteiger partial charge in [0.2, 0.25) is 0 Å². The van der Waals surface area contributed by atoms with E-state index in [0.717, 1.165) is 16.2 Å². The van der Waals surface area contributed by atoms with Crippen LogP contribution in [0.3, 0.4) is 0 Å². The van der Waals surface area contributed by atoms with Crippen LogP contribution >= 0.6 is 0 Å². The number of hydrogen-bond acceptors (Lipinski definition) is 5. The number of β-amino-alcohol motifs (C(OH)–C–C–N with tert-alkyl or cyclic N) is 1. The fourth-order valence-electron chi connectivity index (χ4n) is 2.22. The van der Waals surface area contributed by atoms with Gasteiger partial charge in [-0.2, -0.15) is 5.10 Å². The highest BCUT2D eigenvalue weighted by atomic mass is 16.3. The van der Waals surface area contributed by atoms with Crippen molar-refractivity contribution in [3.05, 3.63) is 48.3 Å². The number of aliphatic hydroxyl groups excluding tert-OH is 1. The van der Waals surface area contributed by atoms with Gasteiger partial charge in [-0.1, -0.05) is 12.1 Å². The third kappa shape index (κ3) is 2.61. The molecule has 0 atom stereocenters. The molecule has 0 fully saturated rings. The minimum atomic E-state index is -0.434. The van der Waals surface area contributed by atoms with Gasteiger partial charge >= 0.3 is 0 Å². The van der Waals surface area contributed by atoms with Crippen LogP contribution in [0, 0.1) is 0 Å². The molecule has 2 heterocycles. The molecule has 2 aromatic rings. The number of nitrogens with zero attached hydrogens (tertiary/aromatic N) is 2. The number of H-pyrrole nitrogens is 1. The van der Waals surface area contributed by atoms with Crippen molar-refractivity contribution in [3.63, 3.8) is 0 Å². The molecule has 0 saturated carbocycles. The van der Waals surface area contributed by atoms with E-state index in [1.807, 2.05) is 30.3 Å². The Labute approximate surface area is 126 Å². The van der Waals surface area contributed by atoms with Crippen LogP contribution in [0.15, 0.2) is 48.3 Å². The summed E-state index contributed by atoms with van der Waals surface area (Å²) in [5.74, 6) is -0.854. The van der Waals surface area contributed by atoms with Gasteiger partial charge in [-0.15, -0.1) is 0 Å². The minimum absolute atomic E-state index is 0.00188. The van der Waals surface area contributed by atoms with Crippen molar-refractivity contribution in [1.82, 2.24) is 15.1 Å². The molecule has 1 aliphatic rings. The van der Waals surface area contributed by atoms with E-state index in [1.165, 1.54) is 6.08 Å². The van der Waals surface area contributed by atoms with Gasteiger partial charge < -0.3 is 10.4 Å². The molecule has 22 heavy (non-hydrogen) atoms. The Bertz CT molecular complexity index is 720. The number of anilines is 1. The van der Waals surface area contributed by atoms with Gasteiger partial charge in [-0.25, -0.2) is 0 Å². The maximum Gasteiger partial charge on any atom is 0.277 e. The lowest BCUT2D eigenvalue weighted by Gasteiger charge is -2.13. The number of hydrogen-bond donors (Lipinski definition) is 3. The van der Waals surface area contributed by atoms with Crippen LogP contribution in [-0.2, 0) is 9.59 Å². The number of benzene rings is 1. The van der Waals surface area contributed by atoms with Gasteiger partial charge in [0.15, 0.2) is 0 Å². The second-order valence-corrected chi connectivity index (χ2v) is 4.75. The largest absolute Gasteiger partial charge is 0.395 e. The van der Waals surface area contributed by atoms with Crippen molar-refractivity contribution in [2.45, 2.75) is 0 Å². The minimum Gasteiger partial charge on any atom is -0.395 e. The van der Waals surface area contributed by atoms with Gasteiger partial charge in [0.1, 0.15) is 5.70 Å². The number of aromatic amines is 1. The second kappa shape index (κ2) is 5.82. The summed E-state index contributed by atoms with van der Waals surface area (Å²) in [5.41, 5.74) is 2.76. The van der Waals surface area contributed by atoms with E-state index in [-0.39, 0.29) is 18.8 Å². The lowest BCUT2D eigenvalue weighted by molar-refractivity contribution is -0.137. The Morgan fingerprint density at radius 1 is 1.18 bits per heavy atom. The molecule has 3 N–H and O–H groups in total. The van der Waals surface area contributed by atoms with Crippen molar-refractivity contribution in [3.8, 4) is 11.3 Å². The van der Waals surface area contributed by atoms with Crippen molar-refractivity contribution in [1.29, 1.82) is 0 Å². The van der Waals surface area contributed by atoms with Crippen LogP contribution < -0.4 is 5.32 Å². The number of imide groups is 1. The molecule has 1 aromatic carbocycles. The number of carbonyl (C=O) groups excluding carboxylic acids is 2. The van der Waals surface area contributed by atoms with Gasteiger partial charge in [0.05, 0.1) is 18.8 Å². The maximum absolute atomic E-state index is 12.0. The number of carbonyl (C=O) groups is 2. The molecule has 2 amide bonds. The lowest BCUT2D eigenvalue weighted by Crippen LogP contribution is -2.34. The third-order valence-electron chi connectivity index (χ3n) is 3.31. The monoisotopic (exact) mass is 298 g/mol. The average molecular weight is 298 g/mol. The highest BCUT2D eigenvalue weighted by Gasteiger charge is 2.30. The molecule has 0 saturated heterocycles. The van der Waals surface area contributed by atoms with Crippen LogP contribution in [0.5, 0.6) is 0 Å². The first-order valence-corrected chi connectivity index (χ1v) is 6.74. The molecule has 3 rings (SSSR count). The SMILES string of the molecule is O=C1C=C(Nc2ccc(-c3ccn[nH]3)cc2)C(=O)N1CCO. The fourth-order valence-corrected chi connectivity index (χ4v) is 2.22. The first-order valence-electron chi connectivity index (χ1n) is 6.74. The number of rotatable bonds is 5. The van der Waals surface area contributed by atoms with E-state index in [4.69, 9.17) is 5.11 Å². The summed E-state index contributed by atoms with van der Waals surface area (Å²) >= 11 is 0. The molecule has 0 aliphatic carbocycles. The molecule has 0 radical (unpaired) electrons. The zero-order chi connectivity index (χ0) is 15.5. The smallest absolute Gasteiger partial charge is 0.277 e. The van der Waals surface area contributed by atoms with Gasteiger partial charge in [-0.05, 0) is 23.8 Å². The van der Waals surface area contributed by atoms with Crippen LogP contribution in [0.1, 0.15) is 0 Å². The van der Waals surface area contributed by atoms with Gasteiger partial charge in [0, 0.05) is 18.0 Å². The Kier molecular flexibility index (Phi) is 3.71. The lowest BCUT2D eigenvalue weighted by atomic mass is 10.1. The Balaban J connectivity index is 1.73. The Morgan fingerprint density at radius 3 is 2.59 bits per heavy atom.